The van der Waals surface area contributed by atoms with Crippen LogP contribution in [0.15, 0.2) is 18.2 Å². The SMILES string of the molecule is CC1OCCC1(N)Cc1c(F)cccc1Cl. The summed E-state index contributed by atoms with van der Waals surface area (Å²) in [4.78, 5) is 0. The van der Waals surface area contributed by atoms with E-state index < -0.39 is 5.54 Å². The van der Waals surface area contributed by atoms with Gasteiger partial charge in [0.25, 0.3) is 0 Å². The Labute approximate surface area is 99.5 Å². The van der Waals surface area contributed by atoms with Crippen LogP contribution in [0.4, 0.5) is 4.39 Å². The minimum absolute atomic E-state index is 0.0665. The molecule has 0 bridgehead atoms. The highest BCUT2D eigenvalue weighted by atomic mass is 35.5. The van der Waals surface area contributed by atoms with Gasteiger partial charge in [0.2, 0.25) is 0 Å². The van der Waals surface area contributed by atoms with Crippen LogP contribution in [0.1, 0.15) is 18.9 Å². The molecule has 0 saturated carbocycles. The molecule has 1 aliphatic rings. The molecule has 16 heavy (non-hydrogen) atoms. The first kappa shape index (κ1) is 11.8. The molecule has 1 aliphatic heterocycles. The van der Waals surface area contributed by atoms with E-state index in [1.165, 1.54) is 6.07 Å². The highest BCUT2D eigenvalue weighted by Crippen LogP contribution is 2.30. The summed E-state index contributed by atoms with van der Waals surface area (Å²) < 4.78 is 19.0. The van der Waals surface area contributed by atoms with Crippen LogP contribution >= 0.6 is 11.6 Å². The lowest BCUT2D eigenvalue weighted by atomic mass is 9.86. The second kappa shape index (κ2) is 4.32. The lowest BCUT2D eigenvalue weighted by Gasteiger charge is -2.28. The third-order valence-corrected chi connectivity index (χ3v) is 3.67. The van der Waals surface area contributed by atoms with Crippen molar-refractivity contribution in [2.24, 2.45) is 5.73 Å². The Hall–Kier alpha value is -0.640. The van der Waals surface area contributed by atoms with Crippen LogP contribution in [-0.2, 0) is 11.2 Å². The summed E-state index contributed by atoms with van der Waals surface area (Å²) in [5.74, 6) is -0.295. The zero-order valence-corrected chi connectivity index (χ0v) is 9.93. The van der Waals surface area contributed by atoms with Crippen molar-refractivity contribution >= 4 is 11.6 Å². The van der Waals surface area contributed by atoms with E-state index in [1.54, 1.807) is 12.1 Å². The van der Waals surface area contributed by atoms with Gasteiger partial charge in [-0.05, 0) is 31.9 Å². The molecule has 0 aromatic heterocycles. The van der Waals surface area contributed by atoms with Gasteiger partial charge in [0.05, 0.1) is 6.10 Å². The molecule has 0 spiro atoms. The molecule has 2 unspecified atom stereocenters. The normalized spacial score (nSPS) is 29.6. The molecular formula is C12H15ClFNO. The summed E-state index contributed by atoms with van der Waals surface area (Å²) in [5.41, 5.74) is 6.20. The maximum absolute atomic E-state index is 13.6. The van der Waals surface area contributed by atoms with Crippen LogP contribution in [0.5, 0.6) is 0 Å². The van der Waals surface area contributed by atoms with E-state index in [9.17, 15) is 4.39 Å². The van der Waals surface area contributed by atoms with Crippen molar-refractivity contribution in [3.63, 3.8) is 0 Å². The Morgan fingerprint density at radius 1 is 1.62 bits per heavy atom. The molecular weight excluding hydrogens is 229 g/mol. The first-order valence-electron chi connectivity index (χ1n) is 5.36. The van der Waals surface area contributed by atoms with Gasteiger partial charge >= 0.3 is 0 Å². The second-order valence-electron chi connectivity index (χ2n) is 4.37. The van der Waals surface area contributed by atoms with Crippen LogP contribution < -0.4 is 5.73 Å². The zero-order chi connectivity index (χ0) is 11.8. The lowest BCUT2D eigenvalue weighted by molar-refractivity contribution is 0.0953. The van der Waals surface area contributed by atoms with E-state index in [0.717, 1.165) is 6.42 Å². The largest absolute Gasteiger partial charge is 0.377 e. The average molecular weight is 244 g/mol. The number of rotatable bonds is 2. The predicted molar refractivity (Wildman–Crippen MR) is 62.1 cm³/mol. The highest BCUT2D eigenvalue weighted by Gasteiger charge is 2.38. The molecule has 1 aromatic rings. The van der Waals surface area contributed by atoms with Crippen LogP contribution in [-0.4, -0.2) is 18.2 Å². The Morgan fingerprint density at radius 3 is 2.94 bits per heavy atom. The van der Waals surface area contributed by atoms with E-state index >= 15 is 0 Å². The topological polar surface area (TPSA) is 35.2 Å². The fourth-order valence-corrected chi connectivity index (χ4v) is 2.29. The van der Waals surface area contributed by atoms with Crippen molar-refractivity contribution in [2.45, 2.75) is 31.4 Å². The summed E-state index contributed by atoms with van der Waals surface area (Å²) in [6.45, 7) is 2.55. The fourth-order valence-electron chi connectivity index (χ4n) is 2.06. The molecule has 1 aromatic carbocycles. The smallest absolute Gasteiger partial charge is 0.127 e. The molecule has 1 saturated heterocycles. The third kappa shape index (κ3) is 2.08. The van der Waals surface area contributed by atoms with Gasteiger partial charge in [0.15, 0.2) is 0 Å². The van der Waals surface area contributed by atoms with Crippen molar-refractivity contribution in [1.29, 1.82) is 0 Å². The minimum atomic E-state index is -0.508. The van der Waals surface area contributed by atoms with Gasteiger partial charge in [-0.1, -0.05) is 17.7 Å². The summed E-state index contributed by atoms with van der Waals surface area (Å²) in [6, 6.07) is 4.69. The minimum Gasteiger partial charge on any atom is -0.377 e. The van der Waals surface area contributed by atoms with Crippen LogP contribution in [0.2, 0.25) is 5.02 Å². The van der Waals surface area contributed by atoms with Gasteiger partial charge in [-0.3, -0.25) is 0 Å². The van der Waals surface area contributed by atoms with Crippen molar-refractivity contribution < 1.29 is 9.13 Å². The summed E-state index contributed by atoms with van der Waals surface area (Å²) in [7, 11) is 0. The Bertz CT molecular complexity index is 378. The number of benzene rings is 1. The quantitative estimate of drug-likeness (QED) is 0.866. The van der Waals surface area contributed by atoms with Gasteiger partial charge in [0.1, 0.15) is 5.82 Å². The molecule has 1 heterocycles. The molecule has 0 aliphatic carbocycles. The summed E-state index contributed by atoms with van der Waals surface area (Å²) >= 11 is 5.98. The van der Waals surface area contributed by atoms with Crippen LogP contribution in [0.3, 0.4) is 0 Å². The molecule has 0 amide bonds. The van der Waals surface area contributed by atoms with Crippen molar-refractivity contribution in [3.8, 4) is 0 Å². The van der Waals surface area contributed by atoms with Crippen molar-refractivity contribution in [1.82, 2.24) is 0 Å². The van der Waals surface area contributed by atoms with Gasteiger partial charge in [-0.25, -0.2) is 4.39 Å². The number of halogens is 2. The molecule has 0 radical (unpaired) electrons. The van der Waals surface area contributed by atoms with E-state index in [2.05, 4.69) is 0 Å². The maximum Gasteiger partial charge on any atom is 0.127 e. The Kier molecular flexibility index (Phi) is 3.19. The molecule has 2 atom stereocenters. The molecule has 2 N–H and O–H groups in total. The standard InChI is InChI=1S/C12H15ClFNO/c1-8-12(15,5-6-16-8)7-9-10(13)3-2-4-11(9)14/h2-4,8H,5-7,15H2,1H3. The van der Waals surface area contributed by atoms with E-state index in [4.69, 9.17) is 22.1 Å². The number of hydrogen-bond donors (Lipinski definition) is 1. The molecule has 4 heteroatoms. The van der Waals surface area contributed by atoms with Crippen LogP contribution in [0, 0.1) is 5.82 Å². The molecule has 88 valence electrons. The number of ether oxygens (including phenoxy) is 1. The van der Waals surface area contributed by atoms with Gasteiger partial charge in [0, 0.05) is 22.7 Å². The Balaban J connectivity index is 2.27. The molecule has 1 fully saturated rings. The summed E-state index contributed by atoms with van der Waals surface area (Å²) in [5, 5.41) is 0.434. The van der Waals surface area contributed by atoms with Crippen LogP contribution in [0.25, 0.3) is 0 Å². The molecule has 2 rings (SSSR count). The summed E-state index contributed by atoms with van der Waals surface area (Å²) in [6.07, 6.45) is 1.08. The van der Waals surface area contributed by atoms with E-state index in [0.29, 0.717) is 23.6 Å². The number of nitrogens with two attached hydrogens (primary N) is 1. The van der Waals surface area contributed by atoms with Gasteiger partial charge < -0.3 is 10.5 Å². The monoisotopic (exact) mass is 243 g/mol. The maximum atomic E-state index is 13.6. The number of hydrogen-bond acceptors (Lipinski definition) is 2. The first-order valence-corrected chi connectivity index (χ1v) is 5.74. The fraction of sp³-hybridized carbons (Fsp3) is 0.500. The molecule has 2 nitrogen and oxygen atoms in total. The third-order valence-electron chi connectivity index (χ3n) is 3.31. The lowest BCUT2D eigenvalue weighted by Crippen LogP contribution is -2.48. The second-order valence-corrected chi connectivity index (χ2v) is 4.78. The van der Waals surface area contributed by atoms with E-state index in [1.807, 2.05) is 6.92 Å². The van der Waals surface area contributed by atoms with Crippen molar-refractivity contribution in [2.75, 3.05) is 6.61 Å². The van der Waals surface area contributed by atoms with Gasteiger partial charge in [-0.2, -0.15) is 0 Å². The highest BCUT2D eigenvalue weighted by molar-refractivity contribution is 6.31. The predicted octanol–water partition coefficient (Wildman–Crippen LogP) is 2.53. The Morgan fingerprint density at radius 2 is 2.38 bits per heavy atom. The first-order chi connectivity index (χ1) is 7.53. The average Bonchev–Trinajstić information content (AvgIpc) is 2.54. The van der Waals surface area contributed by atoms with Crippen molar-refractivity contribution in [3.05, 3.63) is 34.6 Å². The zero-order valence-electron chi connectivity index (χ0n) is 9.17. The van der Waals surface area contributed by atoms with Gasteiger partial charge in [-0.15, -0.1) is 0 Å². The van der Waals surface area contributed by atoms with E-state index in [-0.39, 0.29) is 11.9 Å².